The second kappa shape index (κ2) is 10.4. The predicted molar refractivity (Wildman–Crippen MR) is 209 cm³/mol. The van der Waals surface area contributed by atoms with Gasteiger partial charge in [0.25, 0.3) is 0 Å². The fourth-order valence-corrected chi connectivity index (χ4v) is 8.21. The van der Waals surface area contributed by atoms with Gasteiger partial charge in [0.15, 0.2) is 0 Å². The quantitative estimate of drug-likeness (QED) is 0.181. The number of hydrogen-bond donors (Lipinski definition) is 0. The average molecular weight is 637 g/mol. The summed E-state index contributed by atoms with van der Waals surface area (Å²) in [5.74, 6) is 0.669. The Kier molecular flexibility index (Phi) is 5.63. The minimum Gasteiger partial charge on any atom is -0.309 e. The average Bonchev–Trinajstić information content (AvgIpc) is 3.71. The van der Waals surface area contributed by atoms with Crippen molar-refractivity contribution in [2.24, 2.45) is 0 Å². The maximum atomic E-state index is 5.30. The normalized spacial score (nSPS) is 12.0. The molecule has 0 spiro atoms. The van der Waals surface area contributed by atoms with Gasteiger partial charge >= 0.3 is 0 Å². The van der Waals surface area contributed by atoms with E-state index in [1.165, 1.54) is 54.1 Å². The zero-order valence-corrected chi connectivity index (χ0v) is 27.0. The first-order valence-electron chi connectivity index (χ1n) is 17.0. The zero-order chi connectivity index (χ0) is 32.8. The third-order valence-electron chi connectivity index (χ3n) is 10.3. The van der Waals surface area contributed by atoms with Gasteiger partial charge < -0.3 is 4.57 Å². The third-order valence-corrected chi connectivity index (χ3v) is 10.3. The molecule has 0 atom stereocenters. The lowest BCUT2D eigenvalue weighted by atomic mass is 9.95. The summed E-state index contributed by atoms with van der Waals surface area (Å²) in [5, 5.41) is 10.9. The summed E-state index contributed by atoms with van der Waals surface area (Å²) in [7, 11) is 0. The monoisotopic (exact) mass is 636 g/mol. The maximum absolute atomic E-state index is 5.30. The van der Waals surface area contributed by atoms with Crippen molar-refractivity contribution in [1.82, 2.24) is 19.1 Å². The van der Waals surface area contributed by atoms with E-state index < -0.39 is 0 Å². The van der Waals surface area contributed by atoms with E-state index in [-0.39, 0.29) is 0 Å². The van der Waals surface area contributed by atoms with Gasteiger partial charge in [0.1, 0.15) is 0 Å². The summed E-state index contributed by atoms with van der Waals surface area (Å²) in [4.78, 5) is 10.5. The topological polar surface area (TPSA) is 35.6 Å². The van der Waals surface area contributed by atoms with Gasteiger partial charge in [-0.15, -0.1) is 0 Å². The molecule has 0 aliphatic heterocycles. The second-order valence-electron chi connectivity index (χ2n) is 13.0. The van der Waals surface area contributed by atoms with Crippen LogP contribution in [0.2, 0.25) is 0 Å². The van der Waals surface area contributed by atoms with Crippen LogP contribution in [0.3, 0.4) is 0 Å². The summed E-state index contributed by atoms with van der Waals surface area (Å²) in [6, 6.07) is 60.6. The summed E-state index contributed by atoms with van der Waals surface area (Å²) in [6.07, 6.45) is 0. The Labute approximate surface area is 287 Å². The predicted octanol–water partition coefficient (Wildman–Crippen LogP) is 11.8. The molecule has 0 aliphatic carbocycles. The number of rotatable bonds is 3. The molecule has 0 bridgehead atoms. The van der Waals surface area contributed by atoms with Crippen molar-refractivity contribution in [3.63, 3.8) is 0 Å². The molecular weight excluding hydrogens is 609 g/mol. The Morgan fingerprint density at radius 2 is 0.900 bits per heavy atom. The van der Waals surface area contributed by atoms with Gasteiger partial charge in [-0.3, -0.25) is 4.57 Å². The van der Waals surface area contributed by atoms with Crippen molar-refractivity contribution in [2.75, 3.05) is 0 Å². The first-order valence-corrected chi connectivity index (χ1v) is 17.0. The molecule has 0 radical (unpaired) electrons. The largest absolute Gasteiger partial charge is 0.309 e. The lowest BCUT2D eigenvalue weighted by Crippen LogP contribution is -2.03. The van der Waals surface area contributed by atoms with Crippen LogP contribution in [0.5, 0.6) is 0 Å². The van der Waals surface area contributed by atoms with Gasteiger partial charge in [0, 0.05) is 38.2 Å². The molecule has 50 heavy (non-hydrogen) atoms. The van der Waals surface area contributed by atoms with Crippen LogP contribution in [0, 0.1) is 0 Å². The molecule has 11 rings (SSSR count). The highest BCUT2D eigenvalue weighted by Gasteiger charge is 2.21. The van der Waals surface area contributed by atoms with E-state index in [1.807, 2.05) is 12.1 Å². The molecule has 0 saturated carbocycles. The molecule has 11 aromatic rings. The van der Waals surface area contributed by atoms with Crippen molar-refractivity contribution in [3.05, 3.63) is 170 Å². The Hall–Kier alpha value is -6.78. The molecular formula is C46H28N4. The van der Waals surface area contributed by atoms with Crippen LogP contribution in [0.4, 0.5) is 0 Å². The van der Waals surface area contributed by atoms with Gasteiger partial charge in [-0.2, -0.15) is 0 Å². The van der Waals surface area contributed by atoms with Crippen LogP contribution < -0.4 is 0 Å². The standard InChI is InChI=1S/C46H28N4/c1-3-13-30(14-4-1)45-34-17-7-10-20-37(34)47-46(48-45)50-39-22-12-8-18-35(39)43-33-25-23-29-24-27-41-44(42(29)32(33)26-28-40(43)50)36-19-9-11-21-38(36)49(41)31-15-5-2-6-16-31/h1-28H. The number of para-hydroxylation sites is 4. The highest BCUT2D eigenvalue weighted by molar-refractivity contribution is 6.32. The molecule has 0 N–H and O–H groups in total. The van der Waals surface area contributed by atoms with Crippen molar-refractivity contribution in [1.29, 1.82) is 0 Å². The number of hydrogen-bond acceptors (Lipinski definition) is 2. The van der Waals surface area contributed by atoms with Crippen molar-refractivity contribution in [2.45, 2.75) is 0 Å². The van der Waals surface area contributed by atoms with E-state index in [0.717, 1.165) is 38.9 Å². The first-order chi connectivity index (χ1) is 24.8. The second-order valence-corrected chi connectivity index (χ2v) is 13.0. The molecule has 3 heterocycles. The lowest BCUT2D eigenvalue weighted by Gasteiger charge is -2.12. The summed E-state index contributed by atoms with van der Waals surface area (Å²) >= 11 is 0. The molecule has 0 aliphatic rings. The van der Waals surface area contributed by atoms with Crippen molar-refractivity contribution >= 4 is 76.1 Å². The zero-order valence-electron chi connectivity index (χ0n) is 27.0. The number of nitrogens with zero attached hydrogens (tertiary/aromatic N) is 4. The van der Waals surface area contributed by atoms with Gasteiger partial charge in [-0.25, -0.2) is 9.97 Å². The van der Waals surface area contributed by atoms with Crippen LogP contribution in [0.25, 0.3) is 99.0 Å². The smallest absolute Gasteiger partial charge is 0.235 e. The minimum atomic E-state index is 0.669. The Bertz CT molecular complexity index is 3140. The van der Waals surface area contributed by atoms with E-state index >= 15 is 0 Å². The van der Waals surface area contributed by atoms with Crippen LogP contribution >= 0.6 is 0 Å². The van der Waals surface area contributed by atoms with Crippen LogP contribution in [0.1, 0.15) is 0 Å². The van der Waals surface area contributed by atoms with Gasteiger partial charge in [0.05, 0.1) is 33.3 Å². The van der Waals surface area contributed by atoms with E-state index in [0.29, 0.717) is 5.95 Å². The van der Waals surface area contributed by atoms with Gasteiger partial charge in [0.2, 0.25) is 5.95 Å². The third kappa shape index (κ3) is 3.76. The Morgan fingerprint density at radius 3 is 1.70 bits per heavy atom. The molecule has 0 unspecified atom stereocenters. The molecule has 4 heteroatoms. The van der Waals surface area contributed by atoms with Crippen LogP contribution in [-0.4, -0.2) is 19.1 Å². The number of aromatic nitrogens is 4. The summed E-state index contributed by atoms with van der Waals surface area (Å²) in [6.45, 7) is 0. The Morgan fingerprint density at radius 1 is 0.340 bits per heavy atom. The molecule has 8 aromatic carbocycles. The molecule has 0 amide bonds. The van der Waals surface area contributed by atoms with Crippen LogP contribution in [-0.2, 0) is 0 Å². The highest BCUT2D eigenvalue weighted by Crippen LogP contribution is 2.43. The summed E-state index contributed by atoms with van der Waals surface area (Å²) < 4.78 is 4.64. The van der Waals surface area contributed by atoms with E-state index in [2.05, 4.69) is 167 Å². The summed E-state index contributed by atoms with van der Waals surface area (Å²) in [5.41, 5.74) is 8.68. The lowest BCUT2D eigenvalue weighted by molar-refractivity contribution is 1.01. The van der Waals surface area contributed by atoms with Crippen molar-refractivity contribution < 1.29 is 0 Å². The van der Waals surface area contributed by atoms with Crippen LogP contribution in [0.15, 0.2) is 170 Å². The highest BCUT2D eigenvalue weighted by atomic mass is 15.2. The maximum Gasteiger partial charge on any atom is 0.235 e. The molecule has 0 fully saturated rings. The number of fused-ring (bicyclic) bond motifs is 12. The van der Waals surface area contributed by atoms with Gasteiger partial charge in [-0.05, 0) is 64.0 Å². The molecule has 4 nitrogen and oxygen atoms in total. The van der Waals surface area contributed by atoms with E-state index in [1.54, 1.807) is 0 Å². The van der Waals surface area contributed by atoms with E-state index in [4.69, 9.17) is 9.97 Å². The minimum absolute atomic E-state index is 0.669. The molecule has 232 valence electrons. The number of benzene rings is 8. The fourth-order valence-electron chi connectivity index (χ4n) is 8.21. The fraction of sp³-hybridized carbons (Fsp3) is 0. The molecule has 3 aromatic heterocycles. The Balaban J connectivity index is 1.26. The van der Waals surface area contributed by atoms with Gasteiger partial charge in [-0.1, -0.05) is 127 Å². The SMILES string of the molecule is c1ccc(-c2nc(-n3c4ccccc4c4c5ccc6ccc7c(c8ccccc8n7-c7ccccc7)c6c5ccc43)nc3ccccc23)cc1. The van der Waals surface area contributed by atoms with E-state index in [9.17, 15) is 0 Å². The first kappa shape index (κ1) is 27.2. The van der Waals surface area contributed by atoms with Crippen molar-refractivity contribution in [3.8, 4) is 22.9 Å². The molecule has 0 saturated heterocycles.